The van der Waals surface area contributed by atoms with Crippen LogP contribution in [0.25, 0.3) is 11.0 Å². The van der Waals surface area contributed by atoms with Gasteiger partial charge >= 0.3 is 0 Å². The summed E-state index contributed by atoms with van der Waals surface area (Å²) in [7, 11) is 0. The fraction of sp³-hybridized carbons (Fsp3) is 0.462. The van der Waals surface area contributed by atoms with Crippen LogP contribution < -0.4 is 0 Å². The van der Waals surface area contributed by atoms with Crippen LogP contribution in [0, 0.1) is 6.92 Å². The molecule has 0 bridgehead atoms. The molecule has 0 saturated carbocycles. The third kappa shape index (κ3) is 1.52. The lowest BCUT2D eigenvalue weighted by molar-refractivity contribution is 0.0604. The van der Waals surface area contributed by atoms with Gasteiger partial charge in [0, 0.05) is 24.4 Å². The van der Waals surface area contributed by atoms with Gasteiger partial charge in [-0.25, -0.2) is 4.98 Å². The highest BCUT2D eigenvalue weighted by molar-refractivity contribution is 5.80. The highest BCUT2D eigenvalue weighted by Gasteiger charge is 2.18. The summed E-state index contributed by atoms with van der Waals surface area (Å²) in [6, 6.07) is 4.59. The summed E-state index contributed by atoms with van der Waals surface area (Å²) in [5.74, 6) is 0. The van der Waals surface area contributed by atoms with Crippen LogP contribution >= 0.6 is 0 Å². The molecular formula is C13H16N2O. The largest absolute Gasteiger partial charge is 0.379 e. The Labute approximate surface area is 95.0 Å². The zero-order valence-corrected chi connectivity index (χ0v) is 9.52. The average Bonchev–Trinajstić information content (AvgIpc) is 2.69. The second kappa shape index (κ2) is 3.91. The van der Waals surface area contributed by atoms with Crippen LogP contribution in [0.5, 0.6) is 0 Å². The van der Waals surface area contributed by atoms with Gasteiger partial charge in [0.25, 0.3) is 0 Å². The molecule has 1 aliphatic rings. The summed E-state index contributed by atoms with van der Waals surface area (Å²) < 4.78 is 7.83. The van der Waals surface area contributed by atoms with E-state index in [2.05, 4.69) is 28.7 Å². The van der Waals surface area contributed by atoms with Gasteiger partial charge in [0.05, 0.1) is 12.6 Å². The molecule has 0 radical (unpaired) electrons. The summed E-state index contributed by atoms with van der Waals surface area (Å²) in [4.78, 5) is 4.48. The Hall–Kier alpha value is -1.35. The summed E-state index contributed by atoms with van der Waals surface area (Å²) in [5.41, 5.74) is 2.39. The number of aromatic nitrogens is 2. The van der Waals surface area contributed by atoms with Gasteiger partial charge in [0.15, 0.2) is 0 Å². The third-order valence-electron chi connectivity index (χ3n) is 3.32. The van der Waals surface area contributed by atoms with Crippen molar-refractivity contribution in [2.24, 2.45) is 0 Å². The summed E-state index contributed by atoms with van der Waals surface area (Å²) in [5, 5.41) is 1.26. The first-order valence-electron chi connectivity index (χ1n) is 5.86. The second-order valence-electron chi connectivity index (χ2n) is 4.46. The third-order valence-corrected chi connectivity index (χ3v) is 3.32. The molecule has 0 aliphatic carbocycles. The van der Waals surface area contributed by atoms with E-state index in [9.17, 15) is 0 Å². The molecule has 1 fully saturated rings. The second-order valence-corrected chi connectivity index (χ2v) is 4.46. The number of hydrogen-bond donors (Lipinski definition) is 0. The maximum atomic E-state index is 5.55. The quantitative estimate of drug-likeness (QED) is 0.732. The Bertz CT molecular complexity index is 498. The normalized spacial score (nSPS) is 21.4. The van der Waals surface area contributed by atoms with Crippen molar-refractivity contribution in [3.8, 4) is 0 Å². The topological polar surface area (TPSA) is 27.1 Å². The minimum Gasteiger partial charge on any atom is -0.379 e. The van der Waals surface area contributed by atoms with Crippen molar-refractivity contribution >= 4 is 11.0 Å². The fourth-order valence-electron chi connectivity index (χ4n) is 2.47. The van der Waals surface area contributed by atoms with Gasteiger partial charge < -0.3 is 9.30 Å². The van der Waals surface area contributed by atoms with E-state index in [0.29, 0.717) is 6.04 Å². The summed E-state index contributed by atoms with van der Waals surface area (Å²) >= 11 is 0. The Morgan fingerprint density at radius 2 is 2.44 bits per heavy atom. The smallest absolute Gasteiger partial charge is 0.140 e. The number of aryl methyl sites for hydroxylation is 1. The Morgan fingerprint density at radius 3 is 3.25 bits per heavy atom. The molecule has 0 unspecified atom stereocenters. The van der Waals surface area contributed by atoms with Crippen LogP contribution in [0.3, 0.4) is 0 Å². The molecule has 1 atom stereocenters. The standard InChI is InChI=1S/C13H16N2O/c1-10-8-15(11-4-3-7-16-9-11)13-12(10)5-2-6-14-13/h2,5-6,8,11H,3-4,7,9H2,1H3/t11-/m0/s1. The van der Waals surface area contributed by atoms with Crippen LogP contribution in [0.2, 0.25) is 0 Å². The molecule has 2 aromatic heterocycles. The first kappa shape index (κ1) is 9.85. The minimum absolute atomic E-state index is 0.458. The summed E-state index contributed by atoms with van der Waals surface area (Å²) in [6.45, 7) is 3.87. The van der Waals surface area contributed by atoms with Crippen molar-refractivity contribution in [3.05, 3.63) is 30.1 Å². The lowest BCUT2D eigenvalue weighted by Crippen LogP contribution is -2.20. The van der Waals surface area contributed by atoms with Gasteiger partial charge in [-0.15, -0.1) is 0 Å². The van der Waals surface area contributed by atoms with Gasteiger partial charge in [-0.2, -0.15) is 0 Å². The molecule has 84 valence electrons. The highest BCUT2D eigenvalue weighted by Crippen LogP contribution is 2.26. The van der Waals surface area contributed by atoms with Crippen LogP contribution in [0.4, 0.5) is 0 Å². The lowest BCUT2D eigenvalue weighted by atomic mass is 10.1. The van der Waals surface area contributed by atoms with Gasteiger partial charge in [0.2, 0.25) is 0 Å². The molecule has 3 nitrogen and oxygen atoms in total. The van der Waals surface area contributed by atoms with Crippen molar-refractivity contribution < 1.29 is 4.74 Å². The van der Waals surface area contributed by atoms with Gasteiger partial charge in [-0.3, -0.25) is 0 Å². The number of pyridine rings is 1. The first-order valence-corrected chi connectivity index (χ1v) is 5.86. The molecular weight excluding hydrogens is 200 g/mol. The van der Waals surface area contributed by atoms with E-state index >= 15 is 0 Å². The average molecular weight is 216 g/mol. The predicted octanol–water partition coefficient (Wildman–Crippen LogP) is 2.70. The molecule has 0 amide bonds. The van der Waals surface area contributed by atoms with Gasteiger partial charge in [-0.1, -0.05) is 0 Å². The van der Waals surface area contributed by atoms with Crippen LogP contribution in [0.15, 0.2) is 24.5 Å². The number of ether oxygens (including phenoxy) is 1. The Morgan fingerprint density at radius 1 is 1.50 bits per heavy atom. The Kier molecular flexibility index (Phi) is 2.40. The molecule has 3 heterocycles. The van der Waals surface area contributed by atoms with E-state index in [-0.39, 0.29) is 0 Å². The van der Waals surface area contributed by atoms with E-state index in [1.165, 1.54) is 17.4 Å². The molecule has 0 aromatic carbocycles. The molecule has 2 aromatic rings. The maximum absolute atomic E-state index is 5.55. The number of rotatable bonds is 1. The van der Waals surface area contributed by atoms with Crippen molar-refractivity contribution in [2.75, 3.05) is 13.2 Å². The van der Waals surface area contributed by atoms with Crippen molar-refractivity contribution in [1.29, 1.82) is 0 Å². The molecule has 1 saturated heterocycles. The molecule has 0 N–H and O–H groups in total. The predicted molar refractivity (Wildman–Crippen MR) is 63.6 cm³/mol. The lowest BCUT2D eigenvalue weighted by Gasteiger charge is -2.24. The molecule has 1 aliphatic heterocycles. The van der Waals surface area contributed by atoms with Crippen molar-refractivity contribution in [3.63, 3.8) is 0 Å². The van der Waals surface area contributed by atoms with Crippen LogP contribution in [-0.2, 0) is 4.74 Å². The van der Waals surface area contributed by atoms with Crippen LogP contribution in [0.1, 0.15) is 24.4 Å². The number of fused-ring (bicyclic) bond motifs is 1. The molecule has 3 rings (SSSR count). The van der Waals surface area contributed by atoms with Crippen LogP contribution in [-0.4, -0.2) is 22.8 Å². The van der Waals surface area contributed by atoms with Gasteiger partial charge in [0.1, 0.15) is 5.65 Å². The van der Waals surface area contributed by atoms with E-state index in [1.807, 2.05) is 12.3 Å². The van der Waals surface area contributed by atoms with Gasteiger partial charge in [-0.05, 0) is 37.5 Å². The molecule has 0 spiro atoms. The first-order chi connectivity index (χ1) is 7.86. The Balaban J connectivity index is 2.08. The summed E-state index contributed by atoms with van der Waals surface area (Å²) in [6.07, 6.45) is 6.41. The minimum atomic E-state index is 0.458. The van der Waals surface area contributed by atoms with E-state index in [1.54, 1.807) is 0 Å². The monoisotopic (exact) mass is 216 g/mol. The van der Waals surface area contributed by atoms with E-state index in [0.717, 1.165) is 25.3 Å². The molecule has 16 heavy (non-hydrogen) atoms. The van der Waals surface area contributed by atoms with Crippen molar-refractivity contribution in [2.45, 2.75) is 25.8 Å². The SMILES string of the molecule is Cc1cn([C@H]2CCCOC2)c2ncccc12. The van der Waals surface area contributed by atoms with E-state index in [4.69, 9.17) is 4.74 Å². The zero-order valence-electron chi connectivity index (χ0n) is 9.52. The maximum Gasteiger partial charge on any atom is 0.140 e. The number of hydrogen-bond acceptors (Lipinski definition) is 2. The fourth-order valence-corrected chi connectivity index (χ4v) is 2.47. The number of nitrogens with zero attached hydrogens (tertiary/aromatic N) is 2. The molecule has 3 heteroatoms. The zero-order chi connectivity index (χ0) is 11.0. The highest BCUT2D eigenvalue weighted by atomic mass is 16.5. The van der Waals surface area contributed by atoms with Crippen molar-refractivity contribution in [1.82, 2.24) is 9.55 Å². The van der Waals surface area contributed by atoms with E-state index < -0.39 is 0 Å².